The summed E-state index contributed by atoms with van der Waals surface area (Å²) in [5.74, 6) is -0.317. The molecule has 18 heavy (non-hydrogen) atoms. The summed E-state index contributed by atoms with van der Waals surface area (Å²) in [5, 5.41) is 18.2. The largest absolute Gasteiger partial charge is 0.396 e. The van der Waals surface area contributed by atoms with Crippen molar-refractivity contribution in [3.05, 3.63) is 35.4 Å². The lowest BCUT2D eigenvalue weighted by Crippen LogP contribution is -2.22. The van der Waals surface area contributed by atoms with Crippen molar-refractivity contribution in [2.45, 2.75) is 18.1 Å². The molecule has 2 N–H and O–H groups in total. The monoisotopic (exact) mass is 270 g/mol. The zero-order valence-corrected chi connectivity index (χ0v) is 11.3. The highest BCUT2D eigenvalue weighted by molar-refractivity contribution is 7.91. The third kappa shape index (κ3) is 1.96. The summed E-state index contributed by atoms with van der Waals surface area (Å²) in [5.41, 5.74) is 1.02. The van der Waals surface area contributed by atoms with Crippen LogP contribution in [0.15, 0.2) is 24.3 Å². The Balaban J connectivity index is 2.41. The predicted molar refractivity (Wildman–Crippen MR) is 69.2 cm³/mol. The van der Waals surface area contributed by atoms with E-state index >= 15 is 0 Å². The molecule has 0 unspecified atom stereocenters. The van der Waals surface area contributed by atoms with Gasteiger partial charge in [0.25, 0.3) is 0 Å². The van der Waals surface area contributed by atoms with E-state index in [1.165, 1.54) is 0 Å². The molecular weight excluding hydrogens is 252 g/mol. The molecule has 0 aliphatic heterocycles. The molecule has 100 valence electrons. The molecule has 1 aliphatic carbocycles. The van der Waals surface area contributed by atoms with Crippen LogP contribution < -0.4 is 0 Å². The summed E-state index contributed by atoms with van der Waals surface area (Å²) < 4.78 is 23.5. The quantitative estimate of drug-likeness (QED) is 0.834. The van der Waals surface area contributed by atoms with Crippen molar-refractivity contribution >= 4 is 9.84 Å². The van der Waals surface area contributed by atoms with E-state index in [1.807, 2.05) is 31.2 Å². The van der Waals surface area contributed by atoms with E-state index in [9.17, 15) is 18.6 Å². The van der Waals surface area contributed by atoms with Crippen molar-refractivity contribution in [2.24, 2.45) is 5.41 Å². The van der Waals surface area contributed by atoms with Gasteiger partial charge < -0.3 is 10.2 Å². The van der Waals surface area contributed by atoms with Crippen molar-refractivity contribution in [1.82, 2.24) is 0 Å². The molecule has 0 amide bonds. The van der Waals surface area contributed by atoms with Crippen molar-refractivity contribution in [3.8, 4) is 0 Å². The number of hydrogen-bond acceptors (Lipinski definition) is 4. The van der Waals surface area contributed by atoms with Crippen LogP contribution in [0.25, 0.3) is 0 Å². The average Bonchev–Trinajstić information content (AvgIpc) is 3.00. The zero-order valence-electron chi connectivity index (χ0n) is 10.5. The van der Waals surface area contributed by atoms with Crippen LogP contribution in [0.3, 0.4) is 0 Å². The lowest BCUT2D eigenvalue weighted by molar-refractivity contribution is 0.130. The van der Waals surface area contributed by atoms with Gasteiger partial charge in [0.05, 0.1) is 18.5 Å². The SMILES string of the molecule is Cc1ccc([C@@H]2[C@@H](S(C)(=O)=O)C2(CO)CO)cc1. The van der Waals surface area contributed by atoms with Crippen LogP contribution in [0.2, 0.25) is 0 Å². The second-order valence-electron chi connectivity index (χ2n) is 5.19. The van der Waals surface area contributed by atoms with Crippen LogP contribution in [0, 0.1) is 12.3 Å². The summed E-state index contributed by atoms with van der Waals surface area (Å²) in [6, 6.07) is 7.55. The third-order valence-corrected chi connectivity index (χ3v) is 5.53. The summed E-state index contributed by atoms with van der Waals surface area (Å²) in [4.78, 5) is 0. The van der Waals surface area contributed by atoms with Gasteiger partial charge >= 0.3 is 0 Å². The van der Waals surface area contributed by atoms with Gasteiger partial charge in [-0.3, -0.25) is 0 Å². The van der Waals surface area contributed by atoms with Gasteiger partial charge in [0.2, 0.25) is 0 Å². The van der Waals surface area contributed by atoms with E-state index in [1.54, 1.807) is 0 Å². The number of benzene rings is 1. The molecule has 2 rings (SSSR count). The lowest BCUT2D eigenvalue weighted by Gasteiger charge is -2.10. The van der Waals surface area contributed by atoms with Crippen LogP contribution in [-0.2, 0) is 9.84 Å². The number of hydrogen-bond donors (Lipinski definition) is 2. The first kappa shape index (κ1) is 13.5. The molecule has 4 nitrogen and oxygen atoms in total. The Morgan fingerprint density at radius 1 is 1.17 bits per heavy atom. The molecule has 1 aromatic rings. The van der Waals surface area contributed by atoms with Crippen molar-refractivity contribution in [2.75, 3.05) is 19.5 Å². The van der Waals surface area contributed by atoms with Crippen LogP contribution in [0.4, 0.5) is 0 Å². The highest BCUT2D eigenvalue weighted by Gasteiger charge is 2.69. The molecule has 1 aromatic carbocycles. The Hall–Kier alpha value is -0.910. The van der Waals surface area contributed by atoms with E-state index in [0.29, 0.717) is 0 Å². The van der Waals surface area contributed by atoms with E-state index < -0.39 is 20.5 Å². The smallest absolute Gasteiger partial charge is 0.151 e. The standard InChI is InChI=1S/C13H18O4S/c1-9-3-5-10(6-4-9)11-12(18(2,16)17)13(11,7-14)8-15/h3-6,11-12,14-15H,7-8H2,1-2H3/t11-,12-/m1/s1. The minimum Gasteiger partial charge on any atom is -0.396 e. The van der Waals surface area contributed by atoms with E-state index in [4.69, 9.17) is 0 Å². The van der Waals surface area contributed by atoms with E-state index in [2.05, 4.69) is 0 Å². The van der Waals surface area contributed by atoms with Gasteiger partial charge in [0.15, 0.2) is 9.84 Å². The van der Waals surface area contributed by atoms with Crippen LogP contribution in [0.1, 0.15) is 17.0 Å². The fourth-order valence-electron chi connectivity index (χ4n) is 2.83. The first-order valence-electron chi connectivity index (χ1n) is 5.84. The van der Waals surface area contributed by atoms with Crippen molar-refractivity contribution in [3.63, 3.8) is 0 Å². The third-order valence-electron chi connectivity index (χ3n) is 3.87. The van der Waals surface area contributed by atoms with Crippen molar-refractivity contribution in [1.29, 1.82) is 0 Å². The van der Waals surface area contributed by atoms with Gasteiger partial charge in [0, 0.05) is 17.6 Å². The van der Waals surface area contributed by atoms with E-state index in [-0.39, 0.29) is 19.1 Å². The lowest BCUT2D eigenvalue weighted by atomic mass is 10.00. The number of aliphatic hydroxyl groups is 2. The molecule has 0 spiro atoms. The highest BCUT2D eigenvalue weighted by atomic mass is 32.2. The number of aryl methyl sites for hydroxylation is 1. The molecule has 0 radical (unpaired) electrons. The Labute approximate surface area is 107 Å². The minimum absolute atomic E-state index is 0.317. The normalized spacial score (nSPS) is 26.0. The number of rotatable bonds is 4. The summed E-state index contributed by atoms with van der Waals surface area (Å²) >= 11 is 0. The van der Waals surface area contributed by atoms with Gasteiger partial charge in [-0.2, -0.15) is 0 Å². The van der Waals surface area contributed by atoms with Crippen molar-refractivity contribution < 1.29 is 18.6 Å². The van der Waals surface area contributed by atoms with Crippen LogP contribution in [-0.4, -0.2) is 43.4 Å². The maximum Gasteiger partial charge on any atom is 0.151 e. The number of aliphatic hydroxyl groups excluding tert-OH is 2. The van der Waals surface area contributed by atoms with Gasteiger partial charge in [-0.05, 0) is 12.5 Å². The molecule has 1 saturated carbocycles. The molecular formula is C13H18O4S. The maximum atomic E-state index is 11.8. The Bertz CT molecular complexity index is 529. The molecule has 2 atom stereocenters. The molecule has 1 aliphatic rings. The summed E-state index contributed by atoms with van der Waals surface area (Å²) in [7, 11) is -3.29. The fraction of sp³-hybridized carbons (Fsp3) is 0.538. The average molecular weight is 270 g/mol. The van der Waals surface area contributed by atoms with Gasteiger partial charge in [0.1, 0.15) is 0 Å². The summed E-state index contributed by atoms with van der Waals surface area (Å²) in [6.07, 6.45) is 1.16. The molecule has 0 aromatic heterocycles. The molecule has 0 bridgehead atoms. The second kappa shape index (κ2) is 4.33. The van der Waals surface area contributed by atoms with Crippen LogP contribution in [0.5, 0.6) is 0 Å². The van der Waals surface area contributed by atoms with E-state index in [0.717, 1.165) is 17.4 Å². The maximum absolute atomic E-state index is 11.8. The second-order valence-corrected chi connectivity index (χ2v) is 7.35. The topological polar surface area (TPSA) is 74.6 Å². The number of sulfone groups is 1. The van der Waals surface area contributed by atoms with Gasteiger partial charge in [-0.1, -0.05) is 29.8 Å². The Morgan fingerprint density at radius 2 is 1.67 bits per heavy atom. The highest BCUT2D eigenvalue weighted by Crippen LogP contribution is 2.62. The molecule has 1 fully saturated rings. The Morgan fingerprint density at radius 3 is 2.00 bits per heavy atom. The molecule has 0 heterocycles. The first-order valence-corrected chi connectivity index (χ1v) is 7.79. The molecule has 0 saturated heterocycles. The van der Waals surface area contributed by atoms with Gasteiger partial charge in [-0.15, -0.1) is 0 Å². The molecule has 5 heteroatoms. The predicted octanol–water partition coefficient (Wildman–Crippen LogP) is 0.476. The first-order chi connectivity index (χ1) is 8.36. The zero-order chi connectivity index (χ0) is 13.6. The van der Waals surface area contributed by atoms with Crippen LogP contribution >= 0.6 is 0 Å². The minimum atomic E-state index is -3.29. The summed E-state index contributed by atoms with van der Waals surface area (Å²) in [6.45, 7) is 1.32. The Kier molecular flexibility index (Phi) is 3.25. The van der Waals surface area contributed by atoms with Gasteiger partial charge in [-0.25, -0.2) is 8.42 Å². The fourth-order valence-corrected chi connectivity index (χ4v) is 4.83.